The van der Waals surface area contributed by atoms with Gasteiger partial charge < -0.3 is 5.73 Å². The SMILES string of the molecule is Cn1cc(CNS(=O)(=O)c2ccc(F)c(N)c2F)cn1. The van der Waals surface area contributed by atoms with E-state index in [1.54, 1.807) is 13.2 Å². The van der Waals surface area contributed by atoms with Crippen LogP contribution >= 0.6 is 0 Å². The highest BCUT2D eigenvalue weighted by molar-refractivity contribution is 7.89. The van der Waals surface area contributed by atoms with Crippen molar-refractivity contribution >= 4 is 15.7 Å². The fourth-order valence-corrected chi connectivity index (χ4v) is 2.68. The van der Waals surface area contributed by atoms with Gasteiger partial charge in [-0.25, -0.2) is 21.9 Å². The van der Waals surface area contributed by atoms with Gasteiger partial charge in [0.25, 0.3) is 0 Å². The van der Waals surface area contributed by atoms with Gasteiger partial charge in [-0.1, -0.05) is 0 Å². The zero-order chi connectivity index (χ0) is 14.9. The molecular weight excluding hydrogens is 290 g/mol. The molecule has 6 nitrogen and oxygen atoms in total. The van der Waals surface area contributed by atoms with Gasteiger partial charge in [0, 0.05) is 25.4 Å². The summed E-state index contributed by atoms with van der Waals surface area (Å²) >= 11 is 0. The van der Waals surface area contributed by atoms with Crippen LogP contribution in [0.5, 0.6) is 0 Å². The first-order valence-electron chi connectivity index (χ1n) is 5.52. The predicted octanol–water partition coefficient (Wildman–Crippen LogP) is 0.759. The van der Waals surface area contributed by atoms with Crippen LogP contribution < -0.4 is 10.5 Å². The fourth-order valence-electron chi connectivity index (χ4n) is 1.58. The minimum atomic E-state index is -4.13. The van der Waals surface area contributed by atoms with Crippen LogP contribution in [0.4, 0.5) is 14.5 Å². The van der Waals surface area contributed by atoms with Crippen molar-refractivity contribution in [3.8, 4) is 0 Å². The molecule has 0 bridgehead atoms. The van der Waals surface area contributed by atoms with Gasteiger partial charge >= 0.3 is 0 Å². The van der Waals surface area contributed by atoms with E-state index in [4.69, 9.17) is 5.73 Å². The summed E-state index contributed by atoms with van der Waals surface area (Å²) < 4.78 is 54.3. The number of halogens is 2. The number of hydrogen-bond acceptors (Lipinski definition) is 4. The lowest BCUT2D eigenvalue weighted by Gasteiger charge is -2.08. The van der Waals surface area contributed by atoms with Gasteiger partial charge in [-0.15, -0.1) is 0 Å². The molecule has 0 aliphatic carbocycles. The molecule has 0 aliphatic heterocycles. The summed E-state index contributed by atoms with van der Waals surface area (Å²) in [5.41, 5.74) is 4.91. The zero-order valence-corrected chi connectivity index (χ0v) is 11.3. The third-order valence-corrected chi connectivity index (χ3v) is 4.02. The molecule has 9 heteroatoms. The standard InChI is InChI=1S/C11H12F2N4O2S/c1-17-6-7(4-15-17)5-16-20(18,19)9-3-2-8(12)11(14)10(9)13/h2-4,6,16H,5,14H2,1H3. The highest BCUT2D eigenvalue weighted by Crippen LogP contribution is 2.22. The van der Waals surface area contributed by atoms with Crippen LogP contribution in [0.1, 0.15) is 5.56 Å². The van der Waals surface area contributed by atoms with Gasteiger partial charge in [-0.05, 0) is 12.1 Å². The van der Waals surface area contributed by atoms with E-state index in [0.717, 1.165) is 12.1 Å². The number of nitrogens with one attached hydrogen (secondary N) is 1. The molecule has 20 heavy (non-hydrogen) atoms. The molecule has 3 N–H and O–H groups in total. The quantitative estimate of drug-likeness (QED) is 0.816. The smallest absolute Gasteiger partial charge is 0.243 e. The molecule has 0 aliphatic rings. The van der Waals surface area contributed by atoms with Gasteiger partial charge in [0.15, 0.2) is 5.82 Å². The average Bonchev–Trinajstić information content (AvgIpc) is 2.79. The molecule has 0 unspecified atom stereocenters. The fraction of sp³-hybridized carbons (Fsp3) is 0.182. The number of aromatic nitrogens is 2. The third kappa shape index (κ3) is 2.78. The second-order valence-corrected chi connectivity index (χ2v) is 5.86. The van der Waals surface area contributed by atoms with Crippen LogP contribution in [-0.4, -0.2) is 18.2 Å². The maximum absolute atomic E-state index is 13.7. The average molecular weight is 302 g/mol. The van der Waals surface area contributed by atoms with Gasteiger partial charge in [-0.3, -0.25) is 4.68 Å². The summed E-state index contributed by atoms with van der Waals surface area (Å²) in [6.07, 6.45) is 3.08. The summed E-state index contributed by atoms with van der Waals surface area (Å²) in [6, 6.07) is 1.63. The number of sulfonamides is 1. The van der Waals surface area contributed by atoms with E-state index in [1.807, 2.05) is 0 Å². The number of nitrogen functional groups attached to an aromatic ring is 1. The maximum atomic E-state index is 13.7. The van der Waals surface area contributed by atoms with Crippen molar-refractivity contribution in [2.75, 3.05) is 5.73 Å². The van der Waals surface area contributed by atoms with Crippen LogP contribution in [0, 0.1) is 11.6 Å². The van der Waals surface area contributed by atoms with Crippen molar-refractivity contribution in [1.82, 2.24) is 14.5 Å². The Morgan fingerprint density at radius 1 is 1.40 bits per heavy atom. The summed E-state index contributed by atoms with van der Waals surface area (Å²) in [5.74, 6) is -2.31. The summed E-state index contributed by atoms with van der Waals surface area (Å²) in [6.45, 7) is -0.0626. The normalized spacial score (nSPS) is 11.8. The Bertz CT molecular complexity index is 743. The van der Waals surface area contributed by atoms with Crippen LogP contribution in [0.25, 0.3) is 0 Å². The number of nitrogens with two attached hydrogens (primary N) is 1. The lowest BCUT2D eigenvalue weighted by Crippen LogP contribution is -2.24. The molecular formula is C11H12F2N4O2S. The van der Waals surface area contributed by atoms with Crippen LogP contribution in [0.3, 0.4) is 0 Å². The van der Waals surface area contributed by atoms with Crippen molar-refractivity contribution in [2.24, 2.45) is 7.05 Å². The Labute approximate surface area is 114 Å². The molecule has 0 radical (unpaired) electrons. The second kappa shape index (κ2) is 5.17. The Kier molecular flexibility index (Phi) is 3.73. The lowest BCUT2D eigenvalue weighted by atomic mass is 10.3. The number of rotatable bonds is 4. The minimum absolute atomic E-state index is 0.0626. The van der Waals surface area contributed by atoms with Gasteiger partial charge in [0.2, 0.25) is 10.0 Å². The molecule has 1 aromatic heterocycles. The number of hydrogen-bond donors (Lipinski definition) is 2. The number of aryl methyl sites for hydroxylation is 1. The lowest BCUT2D eigenvalue weighted by molar-refractivity contribution is 0.548. The number of nitrogens with zero attached hydrogens (tertiary/aromatic N) is 2. The van der Waals surface area contributed by atoms with Crippen LogP contribution in [-0.2, 0) is 23.6 Å². The summed E-state index contributed by atoms with van der Waals surface area (Å²) in [5, 5.41) is 3.87. The topological polar surface area (TPSA) is 90.0 Å². The van der Waals surface area contributed by atoms with Gasteiger partial charge in [-0.2, -0.15) is 5.10 Å². The Morgan fingerprint density at radius 2 is 2.10 bits per heavy atom. The maximum Gasteiger partial charge on any atom is 0.243 e. The van der Waals surface area contributed by atoms with Crippen LogP contribution in [0.15, 0.2) is 29.4 Å². The van der Waals surface area contributed by atoms with Gasteiger partial charge in [0.1, 0.15) is 16.4 Å². The largest absolute Gasteiger partial charge is 0.394 e. The van der Waals surface area contributed by atoms with E-state index in [0.29, 0.717) is 5.56 Å². The number of benzene rings is 1. The minimum Gasteiger partial charge on any atom is -0.394 e. The van der Waals surface area contributed by atoms with E-state index in [1.165, 1.54) is 10.9 Å². The second-order valence-electron chi connectivity index (χ2n) is 4.12. The molecule has 0 atom stereocenters. The molecule has 2 aromatic rings. The van der Waals surface area contributed by atoms with Crippen molar-refractivity contribution < 1.29 is 17.2 Å². The molecule has 1 aromatic carbocycles. The number of anilines is 1. The molecule has 0 saturated heterocycles. The highest BCUT2D eigenvalue weighted by atomic mass is 32.2. The first-order chi connectivity index (χ1) is 9.31. The van der Waals surface area contributed by atoms with E-state index in [2.05, 4.69) is 9.82 Å². The molecule has 0 saturated carbocycles. The van der Waals surface area contributed by atoms with Crippen molar-refractivity contribution in [3.05, 3.63) is 41.7 Å². The third-order valence-electron chi connectivity index (χ3n) is 2.61. The molecule has 0 spiro atoms. The van der Waals surface area contributed by atoms with E-state index >= 15 is 0 Å². The van der Waals surface area contributed by atoms with Crippen LogP contribution in [0.2, 0.25) is 0 Å². The molecule has 1 heterocycles. The van der Waals surface area contributed by atoms with Crippen molar-refractivity contribution in [1.29, 1.82) is 0 Å². The summed E-state index contributed by atoms with van der Waals surface area (Å²) in [4.78, 5) is -0.694. The zero-order valence-electron chi connectivity index (χ0n) is 10.5. The monoisotopic (exact) mass is 302 g/mol. The molecule has 0 fully saturated rings. The molecule has 2 rings (SSSR count). The summed E-state index contributed by atoms with van der Waals surface area (Å²) in [7, 11) is -2.45. The van der Waals surface area contributed by atoms with Crippen molar-refractivity contribution in [2.45, 2.75) is 11.4 Å². The Hall–Kier alpha value is -2.00. The first kappa shape index (κ1) is 14.4. The highest BCUT2D eigenvalue weighted by Gasteiger charge is 2.22. The Balaban J connectivity index is 2.25. The molecule has 108 valence electrons. The van der Waals surface area contributed by atoms with E-state index in [-0.39, 0.29) is 6.54 Å². The Morgan fingerprint density at radius 3 is 2.70 bits per heavy atom. The van der Waals surface area contributed by atoms with Gasteiger partial charge in [0.05, 0.1) is 6.20 Å². The predicted molar refractivity (Wildman–Crippen MR) is 68.0 cm³/mol. The van der Waals surface area contributed by atoms with E-state index in [9.17, 15) is 17.2 Å². The van der Waals surface area contributed by atoms with Crippen molar-refractivity contribution in [3.63, 3.8) is 0 Å². The first-order valence-corrected chi connectivity index (χ1v) is 7.00. The van der Waals surface area contributed by atoms with E-state index < -0.39 is 32.2 Å². The molecule has 0 amide bonds.